The van der Waals surface area contributed by atoms with Crippen LogP contribution in [-0.2, 0) is 5.60 Å². The fourth-order valence-corrected chi connectivity index (χ4v) is 3.68. The van der Waals surface area contributed by atoms with Crippen molar-refractivity contribution in [3.05, 3.63) is 83.1 Å². The Bertz CT molecular complexity index is 1370. The quantitative estimate of drug-likeness (QED) is 0.401. The first kappa shape index (κ1) is 23.2. The highest BCUT2D eigenvalue weighted by atomic mass is 19.1. The zero-order chi connectivity index (χ0) is 24.6. The molecule has 2 aromatic heterocycles. The van der Waals surface area contributed by atoms with Gasteiger partial charge < -0.3 is 16.2 Å². The van der Waals surface area contributed by atoms with Crippen LogP contribution in [0.15, 0.2) is 54.7 Å². The number of aromatic nitrogens is 3. The molecule has 0 unspecified atom stereocenters. The van der Waals surface area contributed by atoms with Crippen LogP contribution in [0, 0.1) is 18.6 Å². The predicted molar refractivity (Wildman–Crippen MR) is 121 cm³/mol. The number of nitrogen functional groups attached to an aromatic ring is 1. The van der Waals surface area contributed by atoms with Crippen molar-refractivity contribution < 1.29 is 23.1 Å². The van der Waals surface area contributed by atoms with E-state index in [9.17, 15) is 18.7 Å². The molecular weight excluding hydrogens is 447 g/mol. The van der Waals surface area contributed by atoms with Crippen molar-refractivity contribution in [2.24, 2.45) is 0 Å². The van der Waals surface area contributed by atoms with Crippen LogP contribution < -0.4 is 11.1 Å². The topological polar surface area (TPSA) is 106 Å². The Morgan fingerprint density at radius 3 is 2.62 bits per heavy atom. The number of alkyl halides is 1. The molecule has 0 aliphatic heterocycles. The number of pyridine rings is 1. The molecule has 0 spiro atoms. The number of anilines is 1. The highest BCUT2D eigenvalue weighted by molar-refractivity contribution is 5.97. The molecular formula is C24H22F3N5O2. The fourth-order valence-electron chi connectivity index (χ4n) is 3.68. The summed E-state index contributed by atoms with van der Waals surface area (Å²) >= 11 is 0. The number of aryl methyl sites for hydroxylation is 1. The minimum Gasteiger partial charge on any atom is -0.382 e. The van der Waals surface area contributed by atoms with Gasteiger partial charge in [0, 0.05) is 11.8 Å². The minimum atomic E-state index is -1.99. The molecule has 10 heteroatoms. The van der Waals surface area contributed by atoms with Gasteiger partial charge in [-0.15, -0.1) is 5.10 Å². The van der Waals surface area contributed by atoms with Crippen LogP contribution in [0.1, 0.15) is 28.4 Å². The average Bonchev–Trinajstić information content (AvgIpc) is 3.17. The molecule has 1 amide bonds. The van der Waals surface area contributed by atoms with E-state index in [1.54, 1.807) is 31.3 Å². The summed E-state index contributed by atoms with van der Waals surface area (Å²) < 4.78 is 44.9. The first-order valence-electron chi connectivity index (χ1n) is 10.4. The molecule has 4 aromatic rings. The standard InChI is InChI=1S/C24H22F3N5O2/c1-13-3-8-17(14-9-10-32-19(11-14)30-23(28)31-32)21(27)20(13)22(33)29-12-18(26)24(2,34)15-4-6-16(25)7-5-15/h3-11,18,34H,12H2,1-2H3,(H2,28,31)(H,29,33)/t18-,24+/m0/s1. The number of carbonyl (C=O) groups excluding carboxylic acids is 1. The van der Waals surface area contributed by atoms with Crippen LogP contribution >= 0.6 is 0 Å². The molecule has 4 N–H and O–H groups in total. The summed E-state index contributed by atoms with van der Waals surface area (Å²) in [6.45, 7) is 2.19. The molecule has 7 nitrogen and oxygen atoms in total. The second-order valence-electron chi connectivity index (χ2n) is 8.14. The number of fused-ring (bicyclic) bond motifs is 1. The van der Waals surface area contributed by atoms with E-state index in [-0.39, 0.29) is 22.6 Å². The van der Waals surface area contributed by atoms with E-state index in [0.717, 1.165) is 12.1 Å². The summed E-state index contributed by atoms with van der Waals surface area (Å²) in [7, 11) is 0. The Morgan fingerprint density at radius 1 is 1.21 bits per heavy atom. The third kappa shape index (κ3) is 4.32. The van der Waals surface area contributed by atoms with Gasteiger partial charge in [-0.1, -0.05) is 24.3 Å². The molecule has 2 aromatic carbocycles. The van der Waals surface area contributed by atoms with Crippen LogP contribution in [0.5, 0.6) is 0 Å². The lowest BCUT2D eigenvalue weighted by molar-refractivity contribution is -0.0229. The number of nitrogens with two attached hydrogens (primary N) is 1. The van der Waals surface area contributed by atoms with Crippen LogP contribution in [0.2, 0.25) is 0 Å². The smallest absolute Gasteiger partial charge is 0.254 e. The zero-order valence-electron chi connectivity index (χ0n) is 18.4. The van der Waals surface area contributed by atoms with Gasteiger partial charge in [-0.05, 0) is 54.8 Å². The third-order valence-corrected chi connectivity index (χ3v) is 5.72. The largest absolute Gasteiger partial charge is 0.382 e. The monoisotopic (exact) mass is 469 g/mol. The highest BCUT2D eigenvalue weighted by Crippen LogP contribution is 2.29. The number of nitrogens with one attached hydrogen (secondary N) is 1. The van der Waals surface area contributed by atoms with Gasteiger partial charge in [0.15, 0.2) is 5.65 Å². The van der Waals surface area contributed by atoms with Gasteiger partial charge >= 0.3 is 0 Å². The normalized spacial score (nSPS) is 14.1. The van der Waals surface area contributed by atoms with Gasteiger partial charge in [0.05, 0.1) is 12.1 Å². The fraction of sp³-hybridized carbons (Fsp3) is 0.208. The van der Waals surface area contributed by atoms with E-state index in [1.165, 1.54) is 29.6 Å². The first-order chi connectivity index (χ1) is 16.1. The van der Waals surface area contributed by atoms with Crippen LogP contribution in [0.4, 0.5) is 19.1 Å². The summed E-state index contributed by atoms with van der Waals surface area (Å²) in [5.41, 5.74) is 4.86. The molecule has 2 heterocycles. The summed E-state index contributed by atoms with van der Waals surface area (Å²) in [6.07, 6.45) is -0.368. The van der Waals surface area contributed by atoms with Crippen molar-refractivity contribution in [3.8, 4) is 11.1 Å². The van der Waals surface area contributed by atoms with E-state index in [0.29, 0.717) is 16.8 Å². The average molecular weight is 469 g/mol. The molecule has 2 atom stereocenters. The summed E-state index contributed by atoms with van der Waals surface area (Å²) in [5.74, 6) is -2.07. The van der Waals surface area contributed by atoms with Gasteiger partial charge in [-0.2, -0.15) is 4.98 Å². The van der Waals surface area contributed by atoms with E-state index < -0.39 is 35.9 Å². The van der Waals surface area contributed by atoms with Crippen molar-refractivity contribution >= 4 is 17.5 Å². The lowest BCUT2D eigenvalue weighted by Gasteiger charge is -2.28. The van der Waals surface area contributed by atoms with E-state index >= 15 is 4.39 Å². The molecule has 0 saturated heterocycles. The van der Waals surface area contributed by atoms with E-state index in [1.807, 2.05) is 0 Å². The Hall–Kier alpha value is -3.92. The SMILES string of the molecule is Cc1ccc(-c2ccn3nc(N)nc3c2)c(F)c1C(=O)NC[C@H](F)[C@](C)(O)c1ccc(F)cc1. The van der Waals surface area contributed by atoms with Crippen molar-refractivity contribution in [1.29, 1.82) is 0 Å². The Kier molecular flexibility index (Phi) is 6.01. The van der Waals surface area contributed by atoms with Crippen LogP contribution in [-0.4, -0.2) is 38.3 Å². The van der Waals surface area contributed by atoms with Gasteiger partial charge in [0.1, 0.15) is 23.4 Å². The molecule has 0 bridgehead atoms. The van der Waals surface area contributed by atoms with Gasteiger partial charge in [-0.3, -0.25) is 4.79 Å². The number of nitrogens with zero attached hydrogens (tertiary/aromatic N) is 3. The molecule has 4 rings (SSSR count). The summed E-state index contributed by atoms with van der Waals surface area (Å²) in [4.78, 5) is 16.9. The number of amides is 1. The maximum absolute atomic E-state index is 15.4. The molecule has 0 fully saturated rings. The van der Waals surface area contributed by atoms with Crippen molar-refractivity contribution in [2.75, 3.05) is 12.3 Å². The maximum atomic E-state index is 15.4. The lowest BCUT2D eigenvalue weighted by atomic mass is 9.91. The number of rotatable bonds is 6. The number of halogens is 3. The molecule has 0 saturated carbocycles. The van der Waals surface area contributed by atoms with Crippen molar-refractivity contribution in [3.63, 3.8) is 0 Å². The van der Waals surface area contributed by atoms with E-state index in [4.69, 9.17) is 5.73 Å². The Morgan fingerprint density at radius 2 is 1.91 bits per heavy atom. The van der Waals surface area contributed by atoms with Gasteiger partial charge in [0.2, 0.25) is 5.95 Å². The minimum absolute atomic E-state index is 0.0684. The molecule has 0 aliphatic carbocycles. The number of carbonyl (C=O) groups is 1. The predicted octanol–water partition coefficient (Wildman–Crippen LogP) is 3.54. The van der Waals surface area contributed by atoms with Crippen LogP contribution in [0.25, 0.3) is 16.8 Å². The van der Waals surface area contributed by atoms with Crippen molar-refractivity contribution in [1.82, 2.24) is 19.9 Å². The lowest BCUT2D eigenvalue weighted by Crippen LogP contribution is -2.42. The van der Waals surface area contributed by atoms with Crippen molar-refractivity contribution in [2.45, 2.75) is 25.6 Å². The van der Waals surface area contributed by atoms with Crippen LogP contribution in [0.3, 0.4) is 0 Å². The Balaban J connectivity index is 1.56. The first-order valence-corrected chi connectivity index (χ1v) is 10.4. The maximum Gasteiger partial charge on any atom is 0.254 e. The zero-order valence-corrected chi connectivity index (χ0v) is 18.4. The van der Waals surface area contributed by atoms with E-state index in [2.05, 4.69) is 15.4 Å². The van der Waals surface area contributed by atoms with Gasteiger partial charge in [-0.25, -0.2) is 17.7 Å². The summed E-state index contributed by atoms with van der Waals surface area (Å²) in [5, 5.41) is 16.9. The number of hydrogen-bond donors (Lipinski definition) is 3. The number of aliphatic hydroxyl groups is 1. The third-order valence-electron chi connectivity index (χ3n) is 5.72. The molecule has 0 radical (unpaired) electrons. The second-order valence-corrected chi connectivity index (χ2v) is 8.14. The number of hydrogen-bond acceptors (Lipinski definition) is 5. The van der Waals surface area contributed by atoms with Gasteiger partial charge in [0.25, 0.3) is 5.91 Å². The molecule has 0 aliphatic rings. The number of benzene rings is 2. The second kappa shape index (κ2) is 8.79. The molecule has 176 valence electrons. The Labute approximate surface area is 193 Å². The molecule has 34 heavy (non-hydrogen) atoms. The summed E-state index contributed by atoms with van der Waals surface area (Å²) in [6, 6.07) is 11.0. The highest BCUT2D eigenvalue weighted by Gasteiger charge is 2.34.